The predicted octanol–water partition coefficient (Wildman–Crippen LogP) is -0.752. The minimum absolute atomic E-state index is 0. The predicted molar refractivity (Wildman–Crippen MR) is 17.8 cm³/mol. The summed E-state index contributed by atoms with van der Waals surface area (Å²) in [5, 5.41) is 0. The molecule has 0 aromatic carbocycles. The zero-order valence-corrected chi connectivity index (χ0v) is 5.64. The molecular formula is H2NaO3P+. The molecule has 0 saturated carbocycles. The first kappa shape index (κ1) is 9.39. The smallest absolute Gasteiger partial charge is 0.134 e. The van der Waals surface area contributed by atoms with Gasteiger partial charge in [0.25, 0.3) is 0 Å². The van der Waals surface area contributed by atoms with E-state index < -0.39 is 8.25 Å². The van der Waals surface area contributed by atoms with Gasteiger partial charge in [-0.2, -0.15) is 0 Å². The Hall–Kier alpha value is 1.02. The molecule has 0 saturated heterocycles. The molecule has 0 aliphatic heterocycles. The van der Waals surface area contributed by atoms with Crippen LogP contribution in [0.4, 0.5) is 0 Å². The molecular weight excluding hydrogens is 102 g/mol. The first-order valence-corrected chi connectivity index (χ1v) is 1.75. The Balaban J connectivity index is 0. The van der Waals surface area contributed by atoms with E-state index in [9.17, 15) is 0 Å². The minimum atomic E-state index is -2.87. The minimum Gasteiger partial charge on any atom is -0.134 e. The van der Waals surface area contributed by atoms with E-state index in [0.717, 1.165) is 0 Å². The van der Waals surface area contributed by atoms with Gasteiger partial charge in [-0.05, 0) is 0 Å². The van der Waals surface area contributed by atoms with Gasteiger partial charge in [-0.25, -0.2) is 0 Å². The number of hydrogen-bond donors (Lipinski definition) is 2. The molecule has 2 N–H and O–H groups in total. The Labute approximate surface area is 52.3 Å². The summed E-state index contributed by atoms with van der Waals surface area (Å²) in [5.41, 5.74) is 0. The summed E-state index contributed by atoms with van der Waals surface area (Å²) < 4.78 is 8.70. The SMILES string of the molecule is O=[P+](O)O.[Na]. The molecule has 0 amide bonds. The van der Waals surface area contributed by atoms with Gasteiger partial charge < -0.3 is 0 Å². The van der Waals surface area contributed by atoms with E-state index in [1.165, 1.54) is 0 Å². The van der Waals surface area contributed by atoms with Crippen molar-refractivity contribution in [3.05, 3.63) is 0 Å². The molecule has 0 rings (SSSR count). The van der Waals surface area contributed by atoms with Crippen molar-refractivity contribution in [3.8, 4) is 0 Å². The molecule has 3 nitrogen and oxygen atoms in total. The third-order valence-electron chi connectivity index (χ3n) is 0. The Morgan fingerprint density at radius 2 is 1.40 bits per heavy atom. The van der Waals surface area contributed by atoms with E-state index >= 15 is 0 Å². The van der Waals surface area contributed by atoms with Gasteiger partial charge in [0.2, 0.25) is 0 Å². The second-order valence-electron chi connectivity index (χ2n) is 0.253. The average Bonchev–Trinajstić information content (AvgIpc) is 0.811. The Kier molecular flexibility index (Phi) is 9.43. The normalized spacial score (nSPS) is 5.20. The van der Waals surface area contributed by atoms with Crippen molar-refractivity contribution in [2.45, 2.75) is 0 Å². The fourth-order valence-electron chi connectivity index (χ4n) is 0. The Morgan fingerprint density at radius 1 is 1.40 bits per heavy atom. The van der Waals surface area contributed by atoms with E-state index in [4.69, 9.17) is 14.4 Å². The molecule has 0 aliphatic carbocycles. The molecule has 0 aromatic heterocycles. The molecule has 0 unspecified atom stereocenters. The van der Waals surface area contributed by atoms with E-state index in [2.05, 4.69) is 0 Å². The topological polar surface area (TPSA) is 57.5 Å². The fourth-order valence-corrected chi connectivity index (χ4v) is 0. The maximum absolute atomic E-state index is 8.70. The van der Waals surface area contributed by atoms with E-state index in [-0.39, 0.29) is 29.6 Å². The van der Waals surface area contributed by atoms with Gasteiger partial charge in [-0.1, -0.05) is 0 Å². The molecule has 5 heteroatoms. The summed E-state index contributed by atoms with van der Waals surface area (Å²) in [5.74, 6) is 0. The largest absolute Gasteiger partial charge is 0.692 e. The van der Waals surface area contributed by atoms with Crippen LogP contribution in [0.1, 0.15) is 0 Å². The second-order valence-corrected chi connectivity index (χ2v) is 0.758. The summed E-state index contributed by atoms with van der Waals surface area (Å²) in [7, 11) is -2.87. The van der Waals surface area contributed by atoms with Crippen LogP contribution in [-0.4, -0.2) is 39.3 Å². The standard InChI is InChI=1S/Na.HO3P/c;1-4(2)3/h;(H-,1,2,3)/p+1. The maximum Gasteiger partial charge on any atom is 0.692 e. The van der Waals surface area contributed by atoms with Gasteiger partial charge in [0.05, 0.1) is 0 Å². The summed E-state index contributed by atoms with van der Waals surface area (Å²) in [6.07, 6.45) is 0. The van der Waals surface area contributed by atoms with Crippen LogP contribution in [0.15, 0.2) is 0 Å². The third-order valence-corrected chi connectivity index (χ3v) is 0. The van der Waals surface area contributed by atoms with Gasteiger partial charge in [0, 0.05) is 34.1 Å². The van der Waals surface area contributed by atoms with Crippen LogP contribution < -0.4 is 0 Å². The molecule has 5 heavy (non-hydrogen) atoms. The van der Waals surface area contributed by atoms with Crippen molar-refractivity contribution in [1.29, 1.82) is 0 Å². The molecule has 0 fully saturated rings. The van der Waals surface area contributed by atoms with Crippen molar-refractivity contribution in [3.63, 3.8) is 0 Å². The Bertz CT molecular complexity index is 29.9. The summed E-state index contributed by atoms with van der Waals surface area (Å²) >= 11 is 0. The third kappa shape index (κ3) is 44.0. The van der Waals surface area contributed by atoms with Crippen molar-refractivity contribution >= 4 is 37.8 Å². The monoisotopic (exact) mass is 104 g/mol. The van der Waals surface area contributed by atoms with Crippen molar-refractivity contribution in [2.24, 2.45) is 0 Å². The zero-order chi connectivity index (χ0) is 3.58. The van der Waals surface area contributed by atoms with Crippen LogP contribution in [0.3, 0.4) is 0 Å². The molecule has 1 radical (unpaired) electrons. The number of rotatable bonds is 0. The molecule has 0 atom stereocenters. The average molecular weight is 104 g/mol. The quantitative estimate of drug-likeness (QED) is 0.314. The van der Waals surface area contributed by atoms with Crippen LogP contribution in [0.5, 0.6) is 0 Å². The molecule has 0 bridgehead atoms. The van der Waals surface area contributed by atoms with Gasteiger partial charge in [-0.15, -0.1) is 9.79 Å². The fraction of sp³-hybridized carbons (Fsp3) is 0. The van der Waals surface area contributed by atoms with Gasteiger partial charge >= 0.3 is 8.25 Å². The molecule has 0 heterocycles. The van der Waals surface area contributed by atoms with E-state index in [0.29, 0.717) is 0 Å². The van der Waals surface area contributed by atoms with Crippen molar-refractivity contribution < 1.29 is 14.4 Å². The molecule has 0 aliphatic rings. The molecule has 0 aromatic rings. The van der Waals surface area contributed by atoms with Crippen molar-refractivity contribution in [1.82, 2.24) is 0 Å². The first-order valence-electron chi connectivity index (χ1n) is 0.583. The Morgan fingerprint density at radius 3 is 1.40 bits per heavy atom. The summed E-state index contributed by atoms with van der Waals surface area (Å²) in [6.45, 7) is 0. The van der Waals surface area contributed by atoms with Crippen LogP contribution >= 0.6 is 8.25 Å². The van der Waals surface area contributed by atoms with Crippen molar-refractivity contribution in [2.75, 3.05) is 0 Å². The zero-order valence-electron chi connectivity index (χ0n) is 2.75. The first-order chi connectivity index (χ1) is 1.73. The summed E-state index contributed by atoms with van der Waals surface area (Å²) in [6, 6.07) is 0. The molecule has 25 valence electrons. The van der Waals surface area contributed by atoms with Crippen LogP contribution in [0.25, 0.3) is 0 Å². The van der Waals surface area contributed by atoms with Crippen LogP contribution in [0, 0.1) is 0 Å². The van der Waals surface area contributed by atoms with Gasteiger partial charge in [-0.3, -0.25) is 0 Å². The maximum atomic E-state index is 8.70. The molecule has 0 spiro atoms. The van der Waals surface area contributed by atoms with E-state index in [1.54, 1.807) is 0 Å². The number of hydrogen-bond acceptors (Lipinski definition) is 1. The van der Waals surface area contributed by atoms with Crippen LogP contribution in [0.2, 0.25) is 0 Å². The summed E-state index contributed by atoms with van der Waals surface area (Å²) in [4.78, 5) is 14.2. The second kappa shape index (κ2) is 5.02. The van der Waals surface area contributed by atoms with Crippen LogP contribution in [-0.2, 0) is 4.57 Å². The van der Waals surface area contributed by atoms with Gasteiger partial charge in [0.15, 0.2) is 0 Å². The van der Waals surface area contributed by atoms with Gasteiger partial charge in [0.1, 0.15) is 0 Å². The van der Waals surface area contributed by atoms with E-state index in [1.807, 2.05) is 0 Å².